The normalized spacial score (nSPS) is 13.1. The molecular weight excluding hydrogens is 364 g/mol. The zero-order valence-electron chi connectivity index (χ0n) is 19.0. The SMILES string of the molecule is C/C(=N/N=C(N)N)[C@H](CN(CC(C)C)CC(C)C)C(=O)Nc1ccc(C)cc1C. The topological polar surface area (TPSA) is 109 Å². The van der Waals surface area contributed by atoms with Gasteiger partial charge < -0.3 is 21.7 Å². The van der Waals surface area contributed by atoms with Crippen LogP contribution in [0.2, 0.25) is 0 Å². The van der Waals surface area contributed by atoms with Gasteiger partial charge in [0.25, 0.3) is 0 Å². The second kappa shape index (κ2) is 11.6. The number of amides is 1. The Kier molecular flexibility index (Phi) is 9.81. The van der Waals surface area contributed by atoms with Gasteiger partial charge in [-0.15, -0.1) is 5.10 Å². The Morgan fingerprint density at radius 3 is 2.10 bits per heavy atom. The summed E-state index contributed by atoms with van der Waals surface area (Å²) in [6.45, 7) is 16.9. The van der Waals surface area contributed by atoms with Crippen LogP contribution in [0.3, 0.4) is 0 Å². The Labute approximate surface area is 175 Å². The maximum atomic E-state index is 13.2. The Balaban J connectivity index is 3.15. The van der Waals surface area contributed by atoms with Crippen molar-refractivity contribution in [3.63, 3.8) is 0 Å². The van der Waals surface area contributed by atoms with Crippen molar-refractivity contribution >= 4 is 23.3 Å². The summed E-state index contributed by atoms with van der Waals surface area (Å²) in [5, 5.41) is 10.9. The Morgan fingerprint density at radius 2 is 1.62 bits per heavy atom. The van der Waals surface area contributed by atoms with Crippen LogP contribution in [0.25, 0.3) is 0 Å². The molecule has 0 fully saturated rings. The lowest BCUT2D eigenvalue weighted by Crippen LogP contribution is -2.42. The second-order valence-electron chi connectivity index (χ2n) is 8.63. The Bertz CT molecular complexity index is 725. The summed E-state index contributed by atoms with van der Waals surface area (Å²) in [7, 11) is 0. The predicted molar refractivity (Wildman–Crippen MR) is 123 cm³/mol. The number of guanidine groups is 1. The van der Waals surface area contributed by atoms with Crippen molar-refractivity contribution in [2.45, 2.75) is 48.5 Å². The molecule has 0 saturated carbocycles. The van der Waals surface area contributed by atoms with E-state index in [-0.39, 0.29) is 11.9 Å². The molecule has 0 saturated heterocycles. The van der Waals surface area contributed by atoms with E-state index in [2.05, 4.69) is 54.2 Å². The summed E-state index contributed by atoms with van der Waals surface area (Å²) < 4.78 is 0. The summed E-state index contributed by atoms with van der Waals surface area (Å²) in [4.78, 5) is 15.5. The van der Waals surface area contributed by atoms with E-state index in [9.17, 15) is 4.79 Å². The van der Waals surface area contributed by atoms with Crippen molar-refractivity contribution in [2.24, 2.45) is 39.4 Å². The molecule has 0 aliphatic carbocycles. The summed E-state index contributed by atoms with van der Waals surface area (Å²) >= 11 is 0. The highest BCUT2D eigenvalue weighted by molar-refractivity contribution is 6.09. The maximum absolute atomic E-state index is 13.2. The standard InChI is InChI=1S/C22H38N6O/c1-14(2)11-28(12-15(3)4)13-19(18(7)26-27-22(23)24)21(29)25-20-9-8-16(5)10-17(20)6/h8-10,14-15,19H,11-13H2,1-7H3,(H,25,29)(H4,23,24,27)/b26-18-/t19-/m0/s1. The lowest BCUT2D eigenvalue weighted by molar-refractivity contribution is -0.118. The maximum Gasteiger partial charge on any atom is 0.234 e. The fraction of sp³-hybridized carbons (Fsp3) is 0.591. The summed E-state index contributed by atoms with van der Waals surface area (Å²) in [6.07, 6.45) is 0. The highest BCUT2D eigenvalue weighted by Gasteiger charge is 2.26. The van der Waals surface area contributed by atoms with Crippen molar-refractivity contribution in [3.05, 3.63) is 29.3 Å². The molecular formula is C22H38N6O. The number of hydrogen-bond donors (Lipinski definition) is 3. The Morgan fingerprint density at radius 1 is 1.03 bits per heavy atom. The van der Waals surface area contributed by atoms with Crippen molar-refractivity contribution in [2.75, 3.05) is 25.0 Å². The third-order valence-electron chi connectivity index (χ3n) is 4.47. The van der Waals surface area contributed by atoms with E-state index in [4.69, 9.17) is 11.5 Å². The van der Waals surface area contributed by atoms with Gasteiger partial charge in [0, 0.05) is 25.3 Å². The molecule has 0 spiro atoms. The van der Waals surface area contributed by atoms with Gasteiger partial charge >= 0.3 is 0 Å². The molecule has 0 bridgehead atoms. The van der Waals surface area contributed by atoms with E-state index < -0.39 is 5.92 Å². The molecule has 0 aliphatic rings. The third kappa shape index (κ3) is 9.09. The molecule has 1 amide bonds. The first-order valence-electron chi connectivity index (χ1n) is 10.2. The van der Waals surface area contributed by atoms with Crippen LogP contribution in [0.4, 0.5) is 5.69 Å². The molecule has 29 heavy (non-hydrogen) atoms. The first-order chi connectivity index (χ1) is 13.5. The monoisotopic (exact) mass is 402 g/mol. The number of nitrogens with one attached hydrogen (secondary N) is 1. The van der Waals surface area contributed by atoms with Gasteiger partial charge in [-0.05, 0) is 44.2 Å². The number of rotatable bonds is 10. The van der Waals surface area contributed by atoms with Crippen LogP contribution in [-0.4, -0.2) is 42.1 Å². The van der Waals surface area contributed by atoms with E-state index in [1.54, 1.807) is 6.92 Å². The fourth-order valence-corrected chi connectivity index (χ4v) is 3.30. The number of carbonyl (C=O) groups excluding carboxylic acids is 1. The number of benzene rings is 1. The average molecular weight is 403 g/mol. The summed E-state index contributed by atoms with van der Waals surface area (Å²) in [5.41, 5.74) is 14.4. The van der Waals surface area contributed by atoms with Gasteiger partial charge in [0.05, 0.1) is 11.6 Å². The van der Waals surface area contributed by atoms with Crippen LogP contribution in [-0.2, 0) is 4.79 Å². The highest BCUT2D eigenvalue weighted by atomic mass is 16.1. The number of hydrogen-bond acceptors (Lipinski definition) is 4. The van der Waals surface area contributed by atoms with Crippen LogP contribution < -0.4 is 16.8 Å². The van der Waals surface area contributed by atoms with Crippen LogP contribution in [0.15, 0.2) is 28.4 Å². The van der Waals surface area contributed by atoms with Gasteiger partial charge in [-0.1, -0.05) is 45.4 Å². The largest absolute Gasteiger partial charge is 0.369 e. The Hall–Kier alpha value is -2.41. The number of nitrogens with two attached hydrogens (primary N) is 2. The smallest absolute Gasteiger partial charge is 0.234 e. The molecule has 7 nitrogen and oxygen atoms in total. The second-order valence-corrected chi connectivity index (χ2v) is 8.63. The third-order valence-corrected chi connectivity index (χ3v) is 4.47. The van der Waals surface area contributed by atoms with E-state index in [0.717, 1.165) is 29.9 Å². The summed E-state index contributed by atoms with van der Waals surface area (Å²) in [5.74, 6) is 0.287. The molecule has 1 aromatic rings. The molecule has 162 valence electrons. The number of nitrogens with zero attached hydrogens (tertiary/aromatic N) is 3. The molecule has 0 aliphatic heterocycles. The van der Waals surface area contributed by atoms with E-state index >= 15 is 0 Å². The van der Waals surface area contributed by atoms with Gasteiger partial charge in [0.2, 0.25) is 11.9 Å². The van der Waals surface area contributed by atoms with Gasteiger partial charge in [-0.25, -0.2) is 0 Å². The van der Waals surface area contributed by atoms with Crippen LogP contribution in [0.1, 0.15) is 45.7 Å². The van der Waals surface area contributed by atoms with Gasteiger partial charge in [-0.3, -0.25) is 4.79 Å². The molecule has 0 aromatic heterocycles. The van der Waals surface area contributed by atoms with Crippen LogP contribution in [0, 0.1) is 31.6 Å². The molecule has 7 heteroatoms. The lowest BCUT2D eigenvalue weighted by Gasteiger charge is -2.29. The highest BCUT2D eigenvalue weighted by Crippen LogP contribution is 2.18. The summed E-state index contributed by atoms with van der Waals surface area (Å²) in [6, 6.07) is 5.97. The quantitative estimate of drug-likeness (QED) is 0.317. The first-order valence-corrected chi connectivity index (χ1v) is 10.2. The molecule has 5 N–H and O–H groups in total. The van der Waals surface area contributed by atoms with Crippen LogP contribution >= 0.6 is 0 Å². The zero-order chi connectivity index (χ0) is 22.1. The predicted octanol–water partition coefficient (Wildman–Crippen LogP) is 3.12. The first kappa shape index (κ1) is 24.6. The average Bonchev–Trinajstić information content (AvgIpc) is 2.58. The zero-order valence-corrected chi connectivity index (χ0v) is 19.0. The van der Waals surface area contributed by atoms with Crippen molar-refractivity contribution < 1.29 is 4.79 Å². The molecule has 0 radical (unpaired) electrons. The van der Waals surface area contributed by atoms with E-state index in [1.807, 2.05) is 26.0 Å². The molecule has 0 unspecified atom stereocenters. The number of anilines is 1. The molecule has 0 heterocycles. The molecule has 1 atom stereocenters. The minimum Gasteiger partial charge on any atom is -0.369 e. The molecule has 1 rings (SSSR count). The van der Waals surface area contributed by atoms with Crippen molar-refractivity contribution in [1.29, 1.82) is 0 Å². The van der Waals surface area contributed by atoms with Gasteiger partial charge in [0.15, 0.2) is 0 Å². The minimum atomic E-state index is -0.462. The van der Waals surface area contributed by atoms with Crippen LogP contribution in [0.5, 0.6) is 0 Å². The van der Waals surface area contributed by atoms with Crippen molar-refractivity contribution in [3.8, 4) is 0 Å². The molecule has 1 aromatic carbocycles. The fourth-order valence-electron chi connectivity index (χ4n) is 3.30. The van der Waals surface area contributed by atoms with E-state index in [0.29, 0.717) is 24.1 Å². The van der Waals surface area contributed by atoms with E-state index in [1.165, 1.54) is 0 Å². The van der Waals surface area contributed by atoms with Gasteiger partial charge in [0.1, 0.15) is 0 Å². The number of carbonyl (C=O) groups is 1. The lowest BCUT2D eigenvalue weighted by atomic mass is 10.00. The van der Waals surface area contributed by atoms with Crippen molar-refractivity contribution in [1.82, 2.24) is 4.90 Å². The number of aryl methyl sites for hydroxylation is 2. The van der Waals surface area contributed by atoms with Gasteiger partial charge in [-0.2, -0.15) is 5.10 Å². The minimum absolute atomic E-state index is 0.110.